The molecule has 0 unspecified atom stereocenters. The van der Waals surface area contributed by atoms with Crippen molar-refractivity contribution in [1.29, 1.82) is 0 Å². The molecule has 1 amide bonds. The van der Waals surface area contributed by atoms with Crippen LogP contribution in [0.1, 0.15) is 25.3 Å². The Kier molecular flexibility index (Phi) is 5.22. The highest BCUT2D eigenvalue weighted by atomic mass is 32.2. The summed E-state index contributed by atoms with van der Waals surface area (Å²) in [6, 6.07) is 9.51. The highest BCUT2D eigenvalue weighted by Crippen LogP contribution is 2.18. The minimum Gasteiger partial charge on any atom is -0.348 e. The van der Waals surface area contributed by atoms with Crippen LogP contribution in [0.15, 0.2) is 30.3 Å². The van der Waals surface area contributed by atoms with Gasteiger partial charge in [-0.05, 0) is 25.3 Å². The molecule has 1 aliphatic heterocycles. The minimum absolute atomic E-state index is 0.0426. The van der Waals surface area contributed by atoms with Crippen LogP contribution in [-0.2, 0) is 20.6 Å². The van der Waals surface area contributed by atoms with Crippen LogP contribution >= 0.6 is 0 Å². The molecule has 0 aromatic heterocycles. The van der Waals surface area contributed by atoms with E-state index in [-0.39, 0.29) is 17.7 Å². The molecule has 1 aromatic rings. The van der Waals surface area contributed by atoms with Gasteiger partial charge in [-0.3, -0.25) is 4.79 Å². The van der Waals surface area contributed by atoms with Crippen molar-refractivity contribution in [2.75, 3.05) is 26.2 Å². The number of nitrogens with one attached hydrogen (secondary N) is 2. The zero-order valence-electron chi connectivity index (χ0n) is 14.1. The van der Waals surface area contributed by atoms with Crippen molar-refractivity contribution < 1.29 is 18.1 Å². The number of amides is 1. The molecule has 132 valence electrons. The second-order valence-corrected chi connectivity index (χ2v) is 8.77. The summed E-state index contributed by atoms with van der Waals surface area (Å²) < 4.78 is 26.7. The molecule has 6 nitrogen and oxygen atoms in total. The van der Waals surface area contributed by atoms with Crippen LogP contribution in [0.2, 0.25) is 0 Å². The summed E-state index contributed by atoms with van der Waals surface area (Å²) >= 11 is 0. The number of hydrogen-bond acceptors (Lipinski definition) is 3. The first-order valence-electron chi connectivity index (χ1n) is 8.62. The van der Waals surface area contributed by atoms with Gasteiger partial charge in [0, 0.05) is 6.04 Å². The van der Waals surface area contributed by atoms with Crippen molar-refractivity contribution in [3.05, 3.63) is 35.9 Å². The largest absolute Gasteiger partial charge is 0.348 e. The molecular formula is C17H26N3O3S+. The molecule has 2 N–H and O–H groups in total. The van der Waals surface area contributed by atoms with Gasteiger partial charge in [0.15, 0.2) is 6.04 Å². The molecule has 3 rings (SSSR count). The zero-order chi connectivity index (χ0) is 17.2. The van der Waals surface area contributed by atoms with Gasteiger partial charge in [-0.2, -0.15) is 4.31 Å². The summed E-state index contributed by atoms with van der Waals surface area (Å²) in [5.41, 5.74) is 0.810. The number of rotatable bonds is 6. The van der Waals surface area contributed by atoms with Crippen LogP contribution in [0.4, 0.5) is 0 Å². The van der Waals surface area contributed by atoms with Gasteiger partial charge in [-0.25, -0.2) is 8.42 Å². The summed E-state index contributed by atoms with van der Waals surface area (Å²) in [7, 11) is -3.30. The van der Waals surface area contributed by atoms with Crippen molar-refractivity contribution >= 4 is 15.9 Å². The molecule has 0 spiro atoms. The van der Waals surface area contributed by atoms with E-state index in [1.807, 2.05) is 37.3 Å². The predicted octanol–water partition coefficient (Wildman–Crippen LogP) is -0.616. The van der Waals surface area contributed by atoms with Gasteiger partial charge in [0.25, 0.3) is 5.91 Å². The molecule has 0 radical (unpaired) electrons. The molecule has 1 saturated carbocycles. The van der Waals surface area contributed by atoms with Crippen LogP contribution in [0, 0.1) is 0 Å². The first kappa shape index (κ1) is 17.4. The van der Waals surface area contributed by atoms with Crippen molar-refractivity contribution in [3.63, 3.8) is 0 Å². The van der Waals surface area contributed by atoms with Crippen molar-refractivity contribution in [2.45, 2.75) is 37.6 Å². The highest BCUT2D eigenvalue weighted by Gasteiger charge is 2.35. The van der Waals surface area contributed by atoms with Gasteiger partial charge in [0.05, 0.1) is 31.9 Å². The number of carbonyl (C=O) groups is 1. The Morgan fingerprint density at radius 2 is 1.88 bits per heavy atom. The molecule has 0 bridgehead atoms. The smallest absolute Gasteiger partial charge is 0.278 e. The average molecular weight is 352 g/mol. The van der Waals surface area contributed by atoms with E-state index < -0.39 is 10.0 Å². The first-order chi connectivity index (χ1) is 11.5. The number of benzene rings is 1. The Hall–Kier alpha value is -1.44. The fourth-order valence-electron chi connectivity index (χ4n) is 3.10. The van der Waals surface area contributed by atoms with Gasteiger partial charge >= 0.3 is 0 Å². The van der Waals surface area contributed by atoms with Crippen LogP contribution in [0.25, 0.3) is 0 Å². The Morgan fingerprint density at radius 1 is 1.25 bits per heavy atom. The predicted molar refractivity (Wildman–Crippen MR) is 92.0 cm³/mol. The maximum atomic E-state index is 12.6. The van der Waals surface area contributed by atoms with E-state index in [9.17, 15) is 13.2 Å². The maximum absolute atomic E-state index is 12.6. The summed E-state index contributed by atoms with van der Waals surface area (Å²) in [6.45, 7) is 4.23. The van der Waals surface area contributed by atoms with Crippen molar-refractivity contribution in [2.24, 2.45) is 0 Å². The van der Waals surface area contributed by atoms with E-state index in [2.05, 4.69) is 5.32 Å². The van der Waals surface area contributed by atoms with Gasteiger partial charge in [0.2, 0.25) is 10.0 Å². The van der Waals surface area contributed by atoms with Crippen LogP contribution in [0.5, 0.6) is 0 Å². The Balaban J connectivity index is 1.53. The van der Waals surface area contributed by atoms with Crippen LogP contribution < -0.4 is 10.2 Å². The molecule has 1 aromatic carbocycles. The summed E-state index contributed by atoms with van der Waals surface area (Å²) in [6.07, 6.45) is 2.17. The lowest BCUT2D eigenvalue weighted by molar-refractivity contribution is -0.917. The number of hydrogen-bond donors (Lipinski definition) is 2. The average Bonchev–Trinajstić information content (AvgIpc) is 3.39. The molecule has 1 aliphatic carbocycles. The lowest BCUT2D eigenvalue weighted by Gasteiger charge is -2.34. The lowest BCUT2D eigenvalue weighted by atomic mass is 10.2. The molecule has 2 aliphatic rings. The van der Waals surface area contributed by atoms with E-state index >= 15 is 0 Å². The molecule has 24 heavy (non-hydrogen) atoms. The Bertz CT molecular complexity index is 666. The molecule has 7 heteroatoms. The summed E-state index contributed by atoms with van der Waals surface area (Å²) in [5.74, 6) is 0.133. The fraction of sp³-hybridized carbons (Fsp3) is 0.588. The SMILES string of the molecule is C[C@H](C(=O)NC1CC1)[NH+]1CCN(S(=O)(=O)Cc2ccccc2)CC1. The van der Waals surface area contributed by atoms with Crippen molar-refractivity contribution in [1.82, 2.24) is 9.62 Å². The van der Waals surface area contributed by atoms with Gasteiger partial charge in [-0.1, -0.05) is 30.3 Å². The first-order valence-corrected chi connectivity index (χ1v) is 10.2. The molecule has 1 saturated heterocycles. The topological polar surface area (TPSA) is 70.9 Å². The summed E-state index contributed by atoms with van der Waals surface area (Å²) in [5, 5.41) is 3.03. The minimum atomic E-state index is -3.30. The third-order valence-electron chi connectivity index (χ3n) is 4.88. The van der Waals surface area contributed by atoms with Crippen LogP contribution in [-0.4, -0.2) is 56.9 Å². The number of nitrogens with zero attached hydrogens (tertiary/aromatic N) is 1. The van der Waals surface area contributed by atoms with E-state index in [1.54, 1.807) is 4.31 Å². The van der Waals surface area contributed by atoms with Crippen LogP contribution in [0.3, 0.4) is 0 Å². The highest BCUT2D eigenvalue weighted by molar-refractivity contribution is 7.88. The molecular weight excluding hydrogens is 326 g/mol. The van der Waals surface area contributed by atoms with Gasteiger partial charge in [-0.15, -0.1) is 0 Å². The van der Waals surface area contributed by atoms with E-state index in [4.69, 9.17) is 0 Å². The lowest BCUT2D eigenvalue weighted by Crippen LogP contribution is -3.19. The third-order valence-corrected chi connectivity index (χ3v) is 6.73. The molecule has 1 heterocycles. The monoisotopic (exact) mass is 352 g/mol. The maximum Gasteiger partial charge on any atom is 0.278 e. The Morgan fingerprint density at radius 3 is 2.46 bits per heavy atom. The van der Waals surface area contributed by atoms with E-state index in [1.165, 1.54) is 4.90 Å². The van der Waals surface area contributed by atoms with E-state index in [0.717, 1.165) is 18.4 Å². The number of piperazine rings is 1. The fourth-order valence-corrected chi connectivity index (χ4v) is 4.64. The standard InChI is InChI=1S/C17H25N3O3S/c1-14(17(21)18-16-7-8-16)19-9-11-20(12-10-19)24(22,23)13-15-5-3-2-4-6-15/h2-6,14,16H,7-13H2,1H3,(H,18,21)/p+1/t14-/m1/s1. The quantitative estimate of drug-likeness (QED) is 0.717. The Labute approximate surface area is 143 Å². The number of carbonyl (C=O) groups excluding carboxylic acids is 1. The van der Waals surface area contributed by atoms with Crippen molar-refractivity contribution in [3.8, 4) is 0 Å². The van der Waals surface area contributed by atoms with Gasteiger partial charge < -0.3 is 10.2 Å². The number of sulfonamides is 1. The molecule has 2 fully saturated rings. The van der Waals surface area contributed by atoms with E-state index in [0.29, 0.717) is 32.2 Å². The second-order valence-electron chi connectivity index (χ2n) is 6.80. The second kappa shape index (κ2) is 7.21. The normalized spacial score (nSPS) is 21.4. The van der Waals surface area contributed by atoms with Gasteiger partial charge in [0.1, 0.15) is 0 Å². The zero-order valence-corrected chi connectivity index (χ0v) is 14.9. The third kappa shape index (κ3) is 4.34. The summed E-state index contributed by atoms with van der Waals surface area (Å²) in [4.78, 5) is 13.3. The number of quaternary nitrogens is 1. The molecule has 1 atom stereocenters.